The maximum atomic E-state index is 3.95. The summed E-state index contributed by atoms with van der Waals surface area (Å²) < 4.78 is 0.976. The van der Waals surface area contributed by atoms with Crippen LogP contribution in [0.5, 0.6) is 0 Å². The van der Waals surface area contributed by atoms with Gasteiger partial charge in [0, 0.05) is 0 Å². The summed E-state index contributed by atoms with van der Waals surface area (Å²) in [4.78, 5) is 0. The molecule has 0 aromatic carbocycles. The summed E-state index contributed by atoms with van der Waals surface area (Å²) in [5, 5.41) is 0. The molecule has 0 saturated carbocycles. The third-order valence-electron chi connectivity index (χ3n) is 2.35. The zero-order valence-corrected chi connectivity index (χ0v) is 8.96. The van der Waals surface area contributed by atoms with Crippen LogP contribution in [0.2, 0.25) is 0 Å². The second-order valence-electron chi connectivity index (χ2n) is 4.88. The molecule has 0 aliphatic heterocycles. The summed E-state index contributed by atoms with van der Waals surface area (Å²) in [6.07, 6.45) is 11.9. The van der Waals surface area contributed by atoms with Gasteiger partial charge in [0.25, 0.3) is 0 Å². The maximum absolute atomic E-state index is 3.95. The first-order valence-electron chi connectivity index (χ1n) is 4.76. The van der Waals surface area contributed by atoms with Crippen molar-refractivity contribution in [3.05, 3.63) is 37.0 Å². The molecule has 0 spiro atoms. The van der Waals surface area contributed by atoms with Gasteiger partial charge in [-0.05, 0) is 6.42 Å². The number of hydrogen-bond acceptors (Lipinski definition) is 0. The van der Waals surface area contributed by atoms with Crippen LogP contribution >= 0.6 is 0 Å². The van der Waals surface area contributed by atoms with Gasteiger partial charge in [-0.1, -0.05) is 30.4 Å². The Hall–Kier alpha value is -0.820. The number of rotatable bonds is 3. The first-order chi connectivity index (χ1) is 5.97. The molecule has 1 rings (SSSR count). The van der Waals surface area contributed by atoms with E-state index in [1.807, 2.05) is 0 Å². The fraction of sp³-hybridized carbons (Fsp3) is 0.500. The van der Waals surface area contributed by atoms with Crippen molar-refractivity contribution in [1.29, 1.82) is 0 Å². The Labute approximate surface area is 81.6 Å². The molecule has 0 amide bonds. The van der Waals surface area contributed by atoms with Crippen molar-refractivity contribution in [3.63, 3.8) is 0 Å². The third kappa shape index (κ3) is 2.85. The minimum atomic E-state index is 0.174. The van der Waals surface area contributed by atoms with Crippen LogP contribution in [-0.4, -0.2) is 32.2 Å². The second-order valence-corrected chi connectivity index (χ2v) is 4.88. The van der Waals surface area contributed by atoms with Gasteiger partial charge in [0.15, 0.2) is 0 Å². The van der Waals surface area contributed by atoms with E-state index in [0.29, 0.717) is 0 Å². The predicted octanol–water partition coefficient (Wildman–Crippen LogP) is 2.38. The predicted molar refractivity (Wildman–Crippen MR) is 58.4 cm³/mol. The van der Waals surface area contributed by atoms with Crippen LogP contribution in [0.4, 0.5) is 0 Å². The molecule has 1 nitrogen and oxygen atoms in total. The van der Waals surface area contributed by atoms with Crippen molar-refractivity contribution >= 4 is 0 Å². The van der Waals surface area contributed by atoms with Crippen LogP contribution in [0.25, 0.3) is 0 Å². The normalized spacial score (nSPS) is 27.6. The molecule has 1 aliphatic carbocycles. The molecule has 72 valence electrons. The molecule has 1 aliphatic rings. The summed E-state index contributed by atoms with van der Waals surface area (Å²) in [7, 11) is 6.66. The van der Waals surface area contributed by atoms with Gasteiger partial charge in [0.05, 0.1) is 33.1 Å². The van der Waals surface area contributed by atoms with E-state index in [9.17, 15) is 0 Å². The molecule has 0 heterocycles. The average molecular weight is 178 g/mol. The molecule has 0 bridgehead atoms. The van der Waals surface area contributed by atoms with Gasteiger partial charge in [-0.15, -0.1) is 6.58 Å². The molecule has 1 atom stereocenters. The number of nitrogens with zero attached hydrogens (tertiary/aromatic N) is 1. The van der Waals surface area contributed by atoms with Gasteiger partial charge < -0.3 is 4.48 Å². The van der Waals surface area contributed by atoms with Crippen LogP contribution in [0.15, 0.2) is 37.0 Å². The quantitative estimate of drug-likeness (QED) is 0.460. The minimum Gasteiger partial charge on any atom is -0.330 e. The molecule has 0 N–H and O–H groups in total. The lowest BCUT2D eigenvalue weighted by atomic mass is 9.81. The van der Waals surface area contributed by atoms with Crippen molar-refractivity contribution in [1.82, 2.24) is 0 Å². The van der Waals surface area contributed by atoms with E-state index in [4.69, 9.17) is 0 Å². The van der Waals surface area contributed by atoms with Gasteiger partial charge in [0.2, 0.25) is 0 Å². The molecule has 13 heavy (non-hydrogen) atoms. The lowest BCUT2D eigenvalue weighted by Crippen LogP contribution is -2.43. The third-order valence-corrected chi connectivity index (χ3v) is 2.35. The first-order valence-corrected chi connectivity index (χ1v) is 4.76. The summed E-state index contributed by atoms with van der Waals surface area (Å²) in [6, 6.07) is 0. The maximum Gasteiger partial charge on any atom is 0.0911 e. The fourth-order valence-electron chi connectivity index (χ4n) is 1.90. The van der Waals surface area contributed by atoms with Crippen LogP contribution in [0.3, 0.4) is 0 Å². The fourth-order valence-corrected chi connectivity index (χ4v) is 1.90. The monoisotopic (exact) mass is 178 g/mol. The Balaban J connectivity index is 2.77. The van der Waals surface area contributed by atoms with Crippen molar-refractivity contribution in [2.45, 2.75) is 6.42 Å². The van der Waals surface area contributed by atoms with Gasteiger partial charge in [-0.3, -0.25) is 0 Å². The van der Waals surface area contributed by atoms with Crippen molar-refractivity contribution in [2.75, 3.05) is 27.7 Å². The molecule has 0 aromatic rings. The first kappa shape index (κ1) is 10.3. The van der Waals surface area contributed by atoms with E-state index in [2.05, 4.69) is 58.1 Å². The topological polar surface area (TPSA) is 0 Å². The largest absolute Gasteiger partial charge is 0.330 e. The van der Waals surface area contributed by atoms with Gasteiger partial charge in [-0.25, -0.2) is 0 Å². The van der Waals surface area contributed by atoms with E-state index in [-0.39, 0.29) is 5.41 Å². The molecular weight excluding hydrogens is 158 g/mol. The van der Waals surface area contributed by atoms with Gasteiger partial charge in [-0.2, -0.15) is 0 Å². The van der Waals surface area contributed by atoms with Crippen molar-refractivity contribution in [2.24, 2.45) is 5.41 Å². The Bertz CT molecular complexity index is 242. The van der Waals surface area contributed by atoms with E-state index in [1.165, 1.54) is 0 Å². The molecule has 0 saturated heterocycles. The molecule has 0 radical (unpaired) electrons. The van der Waals surface area contributed by atoms with Crippen LogP contribution in [-0.2, 0) is 0 Å². The smallest absolute Gasteiger partial charge is 0.0911 e. The zero-order valence-electron chi connectivity index (χ0n) is 8.96. The lowest BCUT2D eigenvalue weighted by Gasteiger charge is -2.35. The lowest BCUT2D eigenvalue weighted by molar-refractivity contribution is -0.875. The van der Waals surface area contributed by atoms with Crippen molar-refractivity contribution < 1.29 is 4.48 Å². The highest BCUT2D eigenvalue weighted by molar-refractivity contribution is 5.21. The standard InChI is InChI=1S/C12H20N/c1-5-12(11-13(2,3)4)9-7-6-8-10-12/h5-9H,1,10-11H2,2-4H3/q+1. The average Bonchev–Trinajstić information content (AvgIpc) is 2.03. The minimum absolute atomic E-state index is 0.174. The highest BCUT2D eigenvalue weighted by Crippen LogP contribution is 2.30. The van der Waals surface area contributed by atoms with E-state index >= 15 is 0 Å². The zero-order chi connectivity index (χ0) is 9.95. The molecule has 0 fully saturated rings. The molecule has 1 heteroatoms. The number of hydrogen-bond donors (Lipinski definition) is 0. The number of quaternary nitrogens is 1. The van der Waals surface area contributed by atoms with Crippen LogP contribution in [0, 0.1) is 5.41 Å². The second kappa shape index (κ2) is 3.51. The highest BCUT2D eigenvalue weighted by Gasteiger charge is 2.29. The summed E-state index contributed by atoms with van der Waals surface area (Å²) in [5.74, 6) is 0. The summed E-state index contributed by atoms with van der Waals surface area (Å²) in [5.41, 5.74) is 0.174. The van der Waals surface area contributed by atoms with E-state index in [0.717, 1.165) is 17.4 Å². The molecule has 0 aromatic heterocycles. The Morgan fingerprint density at radius 1 is 1.38 bits per heavy atom. The van der Waals surface area contributed by atoms with Crippen LogP contribution < -0.4 is 0 Å². The Kier molecular flexibility index (Phi) is 2.77. The van der Waals surface area contributed by atoms with E-state index < -0.39 is 0 Å². The Morgan fingerprint density at radius 3 is 2.46 bits per heavy atom. The van der Waals surface area contributed by atoms with Crippen molar-refractivity contribution in [3.8, 4) is 0 Å². The molecular formula is C12H20N+. The molecule has 1 unspecified atom stereocenters. The Morgan fingerprint density at radius 2 is 2.08 bits per heavy atom. The highest BCUT2D eigenvalue weighted by atomic mass is 15.3. The number of allylic oxidation sites excluding steroid dienone is 3. The van der Waals surface area contributed by atoms with Gasteiger partial charge >= 0.3 is 0 Å². The summed E-state index contributed by atoms with van der Waals surface area (Å²) in [6.45, 7) is 5.05. The van der Waals surface area contributed by atoms with E-state index in [1.54, 1.807) is 0 Å². The van der Waals surface area contributed by atoms with Gasteiger partial charge in [0.1, 0.15) is 0 Å². The summed E-state index contributed by atoms with van der Waals surface area (Å²) >= 11 is 0. The van der Waals surface area contributed by atoms with Crippen LogP contribution in [0.1, 0.15) is 6.42 Å². The SMILES string of the molecule is C=CC1(C[N+](C)(C)C)C=CC=CC1.